The standard InChI is InChI=1S/C14H14O8S5/c15-9(16)3-23-13(24-4-10(17)18)7-1-2-8(27-7)14(25-5-11(19)20)26-6-12(21)22/h1-2H,3-6H2,(H,15,16)(H,17,18)(H,19,20)(H,21,22). The molecule has 0 aromatic carbocycles. The zero-order chi connectivity index (χ0) is 20.4. The first kappa shape index (κ1) is 23.8. The van der Waals surface area contributed by atoms with Crippen molar-refractivity contribution in [2.24, 2.45) is 0 Å². The van der Waals surface area contributed by atoms with E-state index in [1.54, 1.807) is 12.1 Å². The van der Waals surface area contributed by atoms with Crippen molar-refractivity contribution in [2.75, 3.05) is 23.0 Å². The third-order valence-corrected chi connectivity index (χ3v) is 8.86. The van der Waals surface area contributed by atoms with Crippen LogP contribution < -0.4 is 9.06 Å². The smallest absolute Gasteiger partial charge is 0.313 e. The van der Waals surface area contributed by atoms with Gasteiger partial charge in [-0.1, -0.05) is 0 Å². The summed E-state index contributed by atoms with van der Waals surface area (Å²) >= 11 is 5.24. The van der Waals surface area contributed by atoms with Gasteiger partial charge in [-0.05, 0) is 12.1 Å². The van der Waals surface area contributed by atoms with Gasteiger partial charge in [0.05, 0.1) is 31.5 Å². The fourth-order valence-electron chi connectivity index (χ4n) is 1.43. The Labute approximate surface area is 174 Å². The van der Waals surface area contributed by atoms with Crippen LogP contribution in [0.1, 0.15) is 0 Å². The first-order chi connectivity index (χ1) is 12.7. The summed E-state index contributed by atoms with van der Waals surface area (Å²) in [6.45, 7) is 0. The van der Waals surface area contributed by atoms with Crippen molar-refractivity contribution in [1.82, 2.24) is 0 Å². The molecule has 0 saturated heterocycles. The lowest BCUT2D eigenvalue weighted by Crippen LogP contribution is -2.06. The van der Waals surface area contributed by atoms with Crippen molar-refractivity contribution >= 4 is 90.7 Å². The summed E-state index contributed by atoms with van der Waals surface area (Å²) in [6, 6.07) is 3.36. The normalized spacial score (nSPS) is 10.4. The van der Waals surface area contributed by atoms with Crippen LogP contribution in [-0.4, -0.2) is 67.3 Å². The van der Waals surface area contributed by atoms with Crippen LogP contribution in [0.5, 0.6) is 0 Å². The fraction of sp³-hybridized carbons (Fsp3) is 0.286. The van der Waals surface area contributed by atoms with Crippen LogP contribution in [0.15, 0.2) is 12.1 Å². The topological polar surface area (TPSA) is 149 Å². The van der Waals surface area contributed by atoms with Crippen molar-refractivity contribution in [2.45, 2.75) is 0 Å². The Hall–Kier alpha value is -1.28. The zero-order valence-electron chi connectivity index (χ0n) is 13.4. The minimum absolute atomic E-state index is 0.229. The average Bonchev–Trinajstić information content (AvgIpc) is 3.03. The summed E-state index contributed by atoms with van der Waals surface area (Å²) in [4.78, 5) is 43.2. The largest absolute Gasteiger partial charge is 0.481 e. The average molecular weight is 471 g/mol. The van der Waals surface area contributed by atoms with Crippen molar-refractivity contribution in [3.05, 3.63) is 21.2 Å². The number of carboxylic acid groups (broad SMARTS) is 4. The number of rotatable bonds is 12. The molecule has 1 aromatic rings. The Morgan fingerprint density at radius 1 is 0.630 bits per heavy atom. The van der Waals surface area contributed by atoms with Gasteiger partial charge in [-0.2, -0.15) is 0 Å². The Bertz CT molecular complexity index is 724. The number of thioether (sulfide) groups is 4. The highest BCUT2D eigenvalue weighted by Gasteiger charge is 2.11. The first-order valence-electron chi connectivity index (χ1n) is 6.92. The van der Waals surface area contributed by atoms with Crippen LogP contribution in [0, 0.1) is 0 Å². The Morgan fingerprint density at radius 2 is 0.889 bits per heavy atom. The highest BCUT2D eigenvalue weighted by atomic mass is 32.2. The van der Waals surface area contributed by atoms with Crippen LogP contribution in [0.2, 0.25) is 0 Å². The second kappa shape index (κ2) is 12.2. The number of carbonyl (C=O) groups is 4. The number of hydrogen-bond donors (Lipinski definition) is 4. The van der Waals surface area contributed by atoms with Gasteiger partial charge in [0, 0.05) is 9.06 Å². The maximum absolute atomic E-state index is 10.8. The predicted molar refractivity (Wildman–Crippen MR) is 111 cm³/mol. The monoisotopic (exact) mass is 470 g/mol. The summed E-state index contributed by atoms with van der Waals surface area (Å²) in [7, 11) is 0. The van der Waals surface area contributed by atoms with E-state index in [1.165, 1.54) is 11.3 Å². The second-order valence-corrected chi connectivity index (χ2v) is 10.0. The Balaban J connectivity index is 3.27. The maximum atomic E-state index is 10.8. The summed E-state index contributed by atoms with van der Waals surface area (Å²) < 4.78 is 2.35. The zero-order valence-corrected chi connectivity index (χ0v) is 17.5. The minimum atomic E-state index is -1.04. The lowest BCUT2D eigenvalue weighted by Gasteiger charge is -2.03. The van der Waals surface area contributed by atoms with Crippen LogP contribution in [0.3, 0.4) is 0 Å². The van der Waals surface area contributed by atoms with Gasteiger partial charge in [-0.25, -0.2) is 0 Å². The molecule has 0 radical (unpaired) electrons. The summed E-state index contributed by atoms with van der Waals surface area (Å²) in [5.41, 5.74) is 0. The van der Waals surface area contributed by atoms with E-state index in [0.29, 0.717) is 17.5 Å². The molecule has 0 aliphatic carbocycles. The molecule has 0 aliphatic rings. The maximum Gasteiger partial charge on any atom is 0.313 e. The van der Waals surface area contributed by atoms with Gasteiger partial charge in [0.25, 0.3) is 0 Å². The van der Waals surface area contributed by atoms with E-state index >= 15 is 0 Å². The van der Waals surface area contributed by atoms with E-state index in [0.717, 1.165) is 47.0 Å². The number of hydrogen-bond acceptors (Lipinski definition) is 9. The minimum Gasteiger partial charge on any atom is -0.481 e. The van der Waals surface area contributed by atoms with Gasteiger partial charge in [-0.3, -0.25) is 19.2 Å². The molecule has 148 valence electrons. The summed E-state index contributed by atoms with van der Waals surface area (Å²) in [6.07, 6.45) is 0. The molecule has 0 atom stereocenters. The van der Waals surface area contributed by atoms with Crippen LogP contribution in [0.4, 0.5) is 0 Å². The number of thiophene rings is 1. The van der Waals surface area contributed by atoms with Gasteiger partial charge in [-0.15, -0.1) is 58.4 Å². The fourth-order valence-corrected chi connectivity index (χ4v) is 6.55. The molecular weight excluding hydrogens is 456 g/mol. The number of aliphatic carboxylic acids is 4. The molecule has 27 heavy (non-hydrogen) atoms. The molecule has 13 heteroatoms. The van der Waals surface area contributed by atoms with E-state index in [9.17, 15) is 19.2 Å². The van der Waals surface area contributed by atoms with Crippen molar-refractivity contribution in [3.63, 3.8) is 0 Å². The second-order valence-electron chi connectivity index (χ2n) is 4.47. The number of carboxylic acids is 4. The Kier molecular flexibility index (Phi) is 10.8. The molecule has 1 aromatic heterocycles. The van der Waals surface area contributed by atoms with Crippen LogP contribution >= 0.6 is 58.4 Å². The van der Waals surface area contributed by atoms with Crippen LogP contribution in [-0.2, 0) is 19.2 Å². The quantitative estimate of drug-likeness (QED) is 0.347. The van der Waals surface area contributed by atoms with Crippen LogP contribution in [0.25, 0.3) is 8.47 Å². The summed E-state index contributed by atoms with van der Waals surface area (Å²) in [5, 5.41) is 35.4. The molecule has 0 amide bonds. The highest BCUT2D eigenvalue weighted by Crippen LogP contribution is 2.31. The van der Waals surface area contributed by atoms with Gasteiger partial charge in [0.1, 0.15) is 0 Å². The molecule has 4 N–H and O–H groups in total. The van der Waals surface area contributed by atoms with E-state index < -0.39 is 23.9 Å². The molecule has 0 spiro atoms. The molecule has 1 heterocycles. The highest BCUT2D eigenvalue weighted by molar-refractivity contribution is 8.31. The van der Waals surface area contributed by atoms with Gasteiger partial charge >= 0.3 is 23.9 Å². The summed E-state index contributed by atoms with van der Waals surface area (Å²) in [5.74, 6) is -5.06. The Morgan fingerprint density at radius 3 is 1.11 bits per heavy atom. The van der Waals surface area contributed by atoms with E-state index in [4.69, 9.17) is 20.4 Å². The lowest BCUT2D eigenvalue weighted by atomic mass is 10.6. The molecule has 0 fully saturated rings. The SMILES string of the molecule is O=C(O)CSC(SCC(=O)O)=c1ccc(=C(SCC(=O)O)SCC(=O)O)s1. The predicted octanol–water partition coefficient (Wildman–Crippen LogP) is 1.15. The molecule has 0 aliphatic heterocycles. The van der Waals surface area contributed by atoms with Crippen molar-refractivity contribution in [3.8, 4) is 0 Å². The van der Waals surface area contributed by atoms with Crippen molar-refractivity contribution in [1.29, 1.82) is 0 Å². The molecule has 8 nitrogen and oxygen atoms in total. The van der Waals surface area contributed by atoms with Gasteiger partial charge < -0.3 is 20.4 Å². The van der Waals surface area contributed by atoms with Gasteiger partial charge in [0.15, 0.2) is 0 Å². The third kappa shape index (κ3) is 10.0. The van der Waals surface area contributed by atoms with E-state index in [2.05, 4.69) is 0 Å². The van der Waals surface area contributed by atoms with Gasteiger partial charge in [0.2, 0.25) is 0 Å². The van der Waals surface area contributed by atoms with Crippen molar-refractivity contribution < 1.29 is 39.6 Å². The van der Waals surface area contributed by atoms with E-state index in [-0.39, 0.29) is 23.0 Å². The molecule has 1 rings (SSSR count). The van der Waals surface area contributed by atoms with E-state index in [1.807, 2.05) is 0 Å². The first-order valence-corrected chi connectivity index (χ1v) is 11.7. The third-order valence-electron chi connectivity index (χ3n) is 2.32. The molecule has 0 bridgehead atoms. The molecule has 0 saturated carbocycles. The molecule has 0 unspecified atom stereocenters. The lowest BCUT2D eigenvalue weighted by molar-refractivity contribution is -0.134. The molecular formula is C14H14O8S5.